The summed E-state index contributed by atoms with van der Waals surface area (Å²) >= 11 is 0. The van der Waals surface area contributed by atoms with Gasteiger partial charge in [0.25, 0.3) is 0 Å². The molecule has 0 rings (SSSR count). The zero-order chi connectivity index (χ0) is 10.3. The van der Waals surface area contributed by atoms with Crippen LogP contribution in [-0.2, 0) is 4.74 Å². The van der Waals surface area contributed by atoms with Crippen LogP contribution < -0.4 is 5.32 Å². The van der Waals surface area contributed by atoms with Crippen LogP contribution in [0.5, 0.6) is 0 Å². The van der Waals surface area contributed by atoms with Crippen LogP contribution in [0.3, 0.4) is 0 Å². The van der Waals surface area contributed by atoms with Gasteiger partial charge in [-0.3, -0.25) is 0 Å². The Kier molecular flexibility index (Phi) is 6.66. The fraction of sp³-hybridized carbons (Fsp3) is 0.818. The minimum atomic E-state index is 0.368. The summed E-state index contributed by atoms with van der Waals surface area (Å²) in [5, 5.41) is 3.45. The number of nitrogens with one attached hydrogen (secondary N) is 1. The van der Waals surface area contributed by atoms with Gasteiger partial charge in [0.2, 0.25) is 0 Å². The van der Waals surface area contributed by atoms with Gasteiger partial charge in [0.1, 0.15) is 0 Å². The van der Waals surface area contributed by atoms with Crippen LogP contribution >= 0.6 is 0 Å². The monoisotopic (exact) mass is 183 g/mol. The van der Waals surface area contributed by atoms with Crippen molar-refractivity contribution < 1.29 is 4.74 Å². The van der Waals surface area contributed by atoms with Crippen molar-refractivity contribution in [3.05, 3.63) is 0 Å². The van der Waals surface area contributed by atoms with E-state index in [0.717, 1.165) is 13.0 Å². The first kappa shape index (κ1) is 12.5. The number of ether oxygens (including phenoxy) is 1. The molecule has 2 atom stereocenters. The lowest BCUT2D eigenvalue weighted by atomic mass is 10.0. The molecule has 0 bridgehead atoms. The molecule has 0 fully saturated rings. The molecule has 2 heteroatoms. The smallest absolute Gasteiger partial charge is 0.0618 e. The first-order valence-electron chi connectivity index (χ1n) is 4.80. The van der Waals surface area contributed by atoms with Crippen molar-refractivity contribution in [1.82, 2.24) is 5.32 Å². The Hall–Kier alpha value is -0.520. The predicted octanol–water partition coefficient (Wildman–Crippen LogP) is 1.66. The van der Waals surface area contributed by atoms with E-state index in [1.807, 2.05) is 0 Å². The van der Waals surface area contributed by atoms with Crippen molar-refractivity contribution >= 4 is 0 Å². The number of hydrogen-bond donors (Lipinski definition) is 1. The highest BCUT2D eigenvalue weighted by atomic mass is 16.5. The van der Waals surface area contributed by atoms with Crippen LogP contribution in [0.2, 0.25) is 0 Å². The highest BCUT2D eigenvalue weighted by Gasteiger charge is 2.14. The lowest BCUT2D eigenvalue weighted by Crippen LogP contribution is -2.42. The molecule has 0 aliphatic rings. The summed E-state index contributed by atoms with van der Waals surface area (Å²) in [6, 6.07) is 0.765. The van der Waals surface area contributed by atoms with E-state index in [1.165, 1.54) is 0 Å². The third kappa shape index (κ3) is 5.68. The number of hydrogen-bond acceptors (Lipinski definition) is 2. The van der Waals surface area contributed by atoms with Crippen LogP contribution in [0.4, 0.5) is 0 Å². The second kappa shape index (κ2) is 6.94. The molecular weight excluding hydrogens is 162 g/mol. The van der Waals surface area contributed by atoms with Crippen LogP contribution in [0.25, 0.3) is 0 Å². The van der Waals surface area contributed by atoms with Crippen molar-refractivity contribution in [1.29, 1.82) is 0 Å². The molecule has 0 spiro atoms. The highest BCUT2D eigenvalue weighted by Crippen LogP contribution is 2.04. The van der Waals surface area contributed by atoms with E-state index in [4.69, 9.17) is 11.2 Å². The Bertz CT molecular complexity index is 160. The van der Waals surface area contributed by atoms with Gasteiger partial charge in [0.05, 0.1) is 6.61 Å². The summed E-state index contributed by atoms with van der Waals surface area (Å²) in [5.74, 6) is 3.22. The molecule has 0 radical (unpaired) electrons. The van der Waals surface area contributed by atoms with Gasteiger partial charge in [0.15, 0.2) is 0 Å². The van der Waals surface area contributed by atoms with Crippen LogP contribution in [0, 0.1) is 18.3 Å². The Morgan fingerprint density at radius 2 is 2.00 bits per heavy atom. The second-order valence-corrected chi connectivity index (χ2v) is 3.78. The Labute approximate surface area is 82.1 Å². The maximum atomic E-state index is 5.23. The summed E-state index contributed by atoms with van der Waals surface area (Å²) < 4.78 is 5.13. The van der Waals surface area contributed by atoms with Gasteiger partial charge >= 0.3 is 0 Å². The maximum absolute atomic E-state index is 5.23. The summed E-state index contributed by atoms with van der Waals surface area (Å²) in [6.45, 7) is 7.20. The van der Waals surface area contributed by atoms with E-state index in [-0.39, 0.29) is 0 Å². The molecule has 0 aliphatic carbocycles. The van der Waals surface area contributed by atoms with Crippen molar-refractivity contribution in [2.75, 3.05) is 13.7 Å². The topological polar surface area (TPSA) is 21.3 Å². The molecule has 76 valence electrons. The van der Waals surface area contributed by atoms with Crippen LogP contribution in [-0.4, -0.2) is 25.8 Å². The zero-order valence-electron chi connectivity index (χ0n) is 9.13. The number of rotatable bonds is 6. The molecule has 0 amide bonds. The molecule has 1 N–H and O–H groups in total. The van der Waals surface area contributed by atoms with Gasteiger partial charge in [-0.2, -0.15) is 0 Å². The van der Waals surface area contributed by atoms with Gasteiger partial charge in [0, 0.05) is 25.6 Å². The van der Waals surface area contributed by atoms with E-state index in [0.29, 0.717) is 18.0 Å². The summed E-state index contributed by atoms with van der Waals surface area (Å²) in [4.78, 5) is 0. The van der Waals surface area contributed by atoms with Crippen molar-refractivity contribution in [3.63, 3.8) is 0 Å². The number of methoxy groups -OCH3 is 1. The minimum absolute atomic E-state index is 0.368. The van der Waals surface area contributed by atoms with E-state index in [9.17, 15) is 0 Å². The second-order valence-electron chi connectivity index (χ2n) is 3.78. The molecule has 13 heavy (non-hydrogen) atoms. The molecule has 0 heterocycles. The molecular formula is C11H21NO. The summed E-state index contributed by atoms with van der Waals surface area (Å²) in [7, 11) is 1.73. The third-order valence-corrected chi connectivity index (χ3v) is 2.07. The first-order valence-corrected chi connectivity index (χ1v) is 4.80. The van der Waals surface area contributed by atoms with Gasteiger partial charge in [-0.15, -0.1) is 12.3 Å². The Balaban J connectivity index is 3.87. The standard InChI is InChI=1S/C11H21NO/c1-6-7-10(4)12-11(8-13-5)9(2)3/h1,9-12H,7-8H2,2-5H3. The first-order chi connectivity index (χ1) is 6.11. The fourth-order valence-corrected chi connectivity index (χ4v) is 1.21. The van der Waals surface area contributed by atoms with Crippen molar-refractivity contribution in [3.8, 4) is 12.3 Å². The average Bonchev–Trinajstić information content (AvgIpc) is 2.04. The maximum Gasteiger partial charge on any atom is 0.0618 e. The highest BCUT2D eigenvalue weighted by molar-refractivity contribution is 4.89. The quantitative estimate of drug-likeness (QED) is 0.632. The van der Waals surface area contributed by atoms with E-state index < -0.39 is 0 Å². The van der Waals surface area contributed by atoms with E-state index in [1.54, 1.807) is 7.11 Å². The molecule has 2 unspecified atom stereocenters. The minimum Gasteiger partial charge on any atom is -0.383 e. The average molecular weight is 183 g/mol. The van der Waals surface area contributed by atoms with Gasteiger partial charge in [-0.25, -0.2) is 0 Å². The fourth-order valence-electron chi connectivity index (χ4n) is 1.21. The third-order valence-electron chi connectivity index (χ3n) is 2.07. The molecule has 0 saturated heterocycles. The molecule has 2 nitrogen and oxygen atoms in total. The number of terminal acetylenes is 1. The molecule has 0 aromatic heterocycles. The predicted molar refractivity (Wildman–Crippen MR) is 56.5 cm³/mol. The van der Waals surface area contributed by atoms with Crippen molar-refractivity contribution in [2.45, 2.75) is 39.3 Å². The largest absolute Gasteiger partial charge is 0.383 e. The van der Waals surface area contributed by atoms with Crippen LogP contribution in [0.1, 0.15) is 27.2 Å². The summed E-state index contributed by atoms with van der Waals surface area (Å²) in [5.41, 5.74) is 0. The lowest BCUT2D eigenvalue weighted by molar-refractivity contribution is 0.142. The SMILES string of the molecule is C#CCC(C)NC(COC)C(C)C. The van der Waals surface area contributed by atoms with Crippen molar-refractivity contribution in [2.24, 2.45) is 5.92 Å². The lowest BCUT2D eigenvalue weighted by Gasteiger charge is -2.24. The van der Waals surface area contributed by atoms with Gasteiger partial charge in [-0.05, 0) is 12.8 Å². The molecule has 0 aliphatic heterocycles. The molecule has 0 saturated carbocycles. The molecule has 0 aromatic carbocycles. The van der Waals surface area contributed by atoms with Gasteiger partial charge < -0.3 is 10.1 Å². The van der Waals surface area contributed by atoms with Crippen LogP contribution in [0.15, 0.2) is 0 Å². The van der Waals surface area contributed by atoms with Gasteiger partial charge in [-0.1, -0.05) is 13.8 Å². The summed E-state index contributed by atoms with van der Waals surface area (Å²) in [6.07, 6.45) is 6.00. The zero-order valence-corrected chi connectivity index (χ0v) is 9.13. The Morgan fingerprint density at radius 1 is 1.38 bits per heavy atom. The normalized spacial score (nSPS) is 15.4. The van der Waals surface area contributed by atoms with E-state index in [2.05, 4.69) is 32.0 Å². The Morgan fingerprint density at radius 3 is 2.38 bits per heavy atom. The molecule has 0 aromatic rings. The van der Waals surface area contributed by atoms with E-state index >= 15 is 0 Å².